The number of carbonyl (C=O) groups excluding carboxylic acids is 1. The van der Waals surface area contributed by atoms with Crippen LogP contribution in [-0.4, -0.2) is 69.6 Å². The Morgan fingerprint density at radius 2 is 1.68 bits per heavy atom. The van der Waals surface area contributed by atoms with E-state index in [9.17, 15) is 21.6 Å². The SMILES string of the molecule is CC(C)(C)S(=O)(=O)N1CCc2ncc(NC(=O)c3ccc(NS(=O)(=O)CCO)cc3N3CCC4(CC3)CC4)cc21. The lowest BCUT2D eigenvalue weighted by Crippen LogP contribution is -2.42. The third kappa shape index (κ3) is 5.64. The van der Waals surface area contributed by atoms with Crippen LogP contribution in [0.2, 0.25) is 0 Å². The van der Waals surface area contributed by atoms with Gasteiger partial charge >= 0.3 is 0 Å². The topological polar surface area (TPSA) is 149 Å². The summed E-state index contributed by atoms with van der Waals surface area (Å²) in [6, 6.07) is 6.41. The molecule has 1 aromatic heterocycles. The number of anilines is 4. The molecule has 11 nitrogen and oxygen atoms in total. The van der Waals surface area contributed by atoms with Crippen LogP contribution in [0.1, 0.15) is 62.5 Å². The van der Waals surface area contributed by atoms with Crippen molar-refractivity contribution in [3.8, 4) is 0 Å². The summed E-state index contributed by atoms with van der Waals surface area (Å²) in [6.45, 7) is 6.27. The van der Waals surface area contributed by atoms with Crippen LogP contribution in [0.25, 0.3) is 0 Å². The summed E-state index contributed by atoms with van der Waals surface area (Å²) in [6.07, 6.45) is 6.50. The molecule has 0 radical (unpaired) electrons. The Hall–Kier alpha value is -2.90. The summed E-state index contributed by atoms with van der Waals surface area (Å²) in [5.74, 6) is -0.833. The first-order valence-corrected chi connectivity index (χ1v) is 16.7. The maximum absolute atomic E-state index is 13.6. The number of nitrogens with one attached hydrogen (secondary N) is 2. The number of piperidine rings is 1. The lowest BCUT2D eigenvalue weighted by molar-refractivity contribution is 0.102. The molecule has 5 rings (SSSR count). The summed E-state index contributed by atoms with van der Waals surface area (Å²) >= 11 is 0. The number of fused-ring (bicyclic) bond motifs is 1. The van der Waals surface area contributed by atoms with Gasteiger partial charge < -0.3 is 15.3 Å². The molecule has 0 bridgehead atoms. The second kappa shape index (κ2) is 10.2. The van der Waals surface area contributed by atoms with E-state index in [2.05, 4.69) is 19.9 Å². The first kappa shape index (κ1) is 28.6. The molecule has 1 aromatic carbocycles. The van der Waals surface area contributed by atoms with E-state index in [-0.39, 0.29) is 0 Å². The van der Waals surface area contributed by atoms with Crippen molar-refractivity contribution in [3.63, 3.8) is 0 Å². The normalized spacial score (nSPS) is 18.5. The minimum atomic E-state index is -3.74. The number of amides is 1. The smallest absolute Gasteiger partial charge is 0.257 e. The van der Waals surface area contributed by atoms with Gasteiger partial charge in [-0.25, -0.2) is 16.8 Å². The van der Waals surface area contributed by atoms with E-state index >= 15 is 0 Å². The van der Waals surface area contributed by atoms with Crippen molar-refractivity contribution in [3.05, 3.63) is 41.7 Å². The van der Waals surface area contributed by atoms with Gasteiger partial charge in [0, 0.05) is 26.1 Å². The number of aliphatic hydroxyl groups excluding tert-OH is 1. The molecule has 1 saturated carbocycles. The van der Waals surface area contributed by atoms with Gasteiger partial charge in [0.1, 0.15) is 0 Å². The van der Waals surface area contributed by atoms with Crippen LogP contribution in [0, 0.1) is 5.41 Å². The number of benzene rings is 1. The minimum Gasteiger partial charge on any atom is -0.395 e. The molecule has 3 N–H and O–H groups in total. The fourth-order valence-corrected chi connectivity index (χ4v) is 7.60. The predicted octanol–water partition coefficient (Wildman–Crippen LogP) is 2.94. The van der Waals surface area contributed by atoms with E-state index < -0.39 is 43.1 Å². The number of sulfonamides is 2. The van der Waals surface area contributed by atoms with E-state index in [1.54, 1.807) is 39.0 Å². The highest BCUT2D eigenvalue weighted by Gasteiger charge is 2.45. The summed E-state index contributed by atoms with van der Waals surface area (Å²) in [4.78, 5) is 20.1. The van der Waals surface area contributed by atoms with Gasteiger partial charge in [-0.15, -0.1) is 0 Å². The zero-order valence-corrected chi connectivity index (χ0v) is 24.7. The first-order chi connectivity index (χ1) is 18.7. The van der Waals surface area contributed by atoms with Crippen LogP contribution >= 0.6 is 0 Å². The van der Waals surface area contributed by atoms with Gasteiger partial charge in [-0.1, -0.05) is 0 Å². The monoisotopic (exact) mass is 591 g/mol. The van der Waals surface area contributed by atoms with Crippen LogP contribution < -0.4 is 19.2 Å². The van der Waals surface area contributed by atoms with Crippen LogP contribution in [0.3, 0.4) is 0 Å². The number of aliphatic hydroxyl groups is 1. The Bertz CT molecular complexity index is 1520. The van der Waals surface area contributed by atoms with Crippen LogP contribution in [0.15, 0.2) is 30.5 Å². The Morgan fingerprint density at radius 3 is 2.30 bits per heavy atom. The maximum Gasteiger partial charge on any atom is 0.257 e. The fraction of sp³-hybridized carbons (Fsp3) is 0.556. The number of nitrogens with zero attached hydrogens (tertiary/aromatic N) is 3. The molecular weight excluding hydrogens is 554 g/mol. The molecule has 3 aliphatic rings. The zero-order chi connectivity index (χ0) is 28.9. The van der Waals surface area contributed by atoms with E-state index in [4.69, 9.17) is 5.11 Å². The lowest BCUT2D eigenvalue weighted by atomic mass is 9.93. The molecule has 2 aromatic rings. The average Bonchev–Trinajstić information content (AvgIpc) is 3.48. The fourth-order valence-electron chi connectivity index (χ4n) is 5.36. The summed E-state index contributed by atoms with van der Waals surface area (Å²) < 4.78 is 53.7. The summed E-state index contributed by atoms with van der Waals surface area (Å²) in [5, 5.41) is 12.0. The van der Waals surface area contributed by atoms with Gasteiger partial charge in [-0.2, -0.15) is 0 Å². The molecule has 0 atom stereocenters. The Morgan fingerprint density at radius 1 is 1.00 bits per heavy atom. The van der Waals surface area contributed by atoms with E-state index in [0.717, 1.165) is 25.9 Å². The average molecular weight is 592 g/mol. The third-order valence-corrected chi connectivity index (χ3v) is 11.9. The van der Waals surface area contributed by atoms with Crippen molar-refractivity contribution in [2.24, 2.45) is 5.41 Å². The Labute approximate surface area is 236 Å². The number of rotatable bonds is 8. The number of hydrogen-bond acceptors (Lipinski definition) is 8. The summed E-state index contributed by atoms with van der Waals surface area (Å²) in [7, 11) is -7.37. The third-order valence-electron chi connectivity index (χ3n) is 8.09. The predicted molar refractivity (Wildman–Crippen MR) is 156 cm³/mol. The van der Waals surface area contributed by atoms with Crippen LogP contribution in [-0.2, 0) is 26.5 Å². The highest BCUT2D eigenvalue weighted by atomic mass is 32.2. The van der Waals surface area contributed by atoms with Gasteiger partial charge in [0.2, 0.25) is 20.0 Å². The minimum absolute atomic E-state index is 0.299. The molecule has 0 unspecified atom stereocenters. The van der Waals surface area contributed by atoms with E-state index in [1.165, 1.54) is 29.4 Å². The van der Waals surface area contributed by atoms with Crippen molar-refractivity contribution >= 4 is 48.7 Å². The quantitative estimate of drug-likeness (QED) is 0.424. The second-order valence-electron chi connectivity index (χ2n) is 11.9. The van der Waals surface area contributed by atoms with E-state index in [0.29, 0.717) is 52.4 Å². The molecule has 1 spiro atoms. The number of carbonyl (C=O) groups is 1. The van der Waals surface area contributed by atoms with Gasteiger partial charge in [0.25, 0.3) is 5.91 Å². The molecule has 13 heteroatoms. The molecule has 2 aliphatic heterocycles. The number of hydrogen-bond donors (Lipinski definition) is 3. The van der Waals surface area contributed by atoms with Crippen LogP contribution in [0.4, 0.5) is 22.7 Å². The van der Waals surface area contributed by atoms with Gasteiger partial charge in [-0.05, 0) is 76.1 Å². The van der Waals surface area contributed by atoms with Crippen molar-refractivity contribution in [1.82, 2.24) is 4.98 Å². The standard InChI is InChI=1S/C27H37N5O6S2/c1-26(2,3)40(37,38)32-11-6-22-24(32)17-20(18-28-22)29-25(34)21-5-4-19(30-39(35,36)15-14-33)16-23(21)31-12-9-27(7-8-27)10-13-31/h4-5,16-18,30,33H,6-15H2,1-3H3,(H,29,34). The molecule has 1 aliphatic carbocycles. The second-order valence-corrected chi connectivity index (χ2v) is 16.4. The summed E-state index contributed by atoms with van der Waals surface area (Å²) in [5.41, 5.74) is 3.21. The Balaban J connectivity index is 1.43. The van der Waals surface area contributed by atoms with Gasteiger partial charge in [0.05, 0.1) is 57.3 Å². The Kier molecular flexibility index (Phi) is 7.28. The number of pyridine rings is 1. The van der Waals surface area contributed by atoms with E-state index in [1.807, 2.05) is 0 Å². The largest absolute Gasteiger partial charge is 0.395 e. The van der Waals surface area contributed by atoms with Crippen LogP contribution in [0.5, 0.6) is 0 Å². The molecule has 1 amide bonds. The zero-order valence-electron chi connectivity index (χ0n) is 23.1. The van der Waals surface area contributed by atoms with Crippen molar-refractivity contribution in [2.45, 2.75) is 57.6 Å². The lowest BCUT2D eigenvalue weighted by Gasteiger charge is -2.35. The van der Waals surface area contributed by atoms with Gasteiger partial charge in [-0.3, -0.25) is 18.8 Å². The molecule has 218 valence electrons. The molecular formula is C27H37N5O6S2. The van der Waals surface area contributed by atoms with Crippen molar-refractivity contribution in [1.29, 1.82) is 0 Å². The van der Waals surface area contributed by atoms with Gasteiger partial charge in [0.15, 0.2) is 0 Å². The molecule has 2 fully saturated rings. The number of aromatic nitrogens is 1. The van der Waals surface area contributed by atoms with Crippen molar-refractivity contribution < 1.29 is 26.7 Å². The highest BCUT2D eigenvalue weighted by molar-refractivity contribution is 7.94. The maximum atomic E-state index is 13.6. The highest BCUT2D eigenvalue weighted by Crippen LogP contribution is 2.54. The molecule has 3 heterocycles. The molecule has 1 saturated heterocycles. The first-order valence-electron chi connectivity index (χ1n) is 13.6. The van der Waals surface area contributed by atoms with Crippen molar-refractivity contribution in [2.75, 3.05) is 51.2 Å². The molecule has 40 heavy (non-hydrogen) atoms.